The third kappa shape index (κ3) is 2.76. The van der Waals surface area contributed by atoms with Crippen LogP contribution in [0.1, 0.15) is 23.4 Å². The number of benzene rings is 1. The van der Waals surface area contributed by atoms with Gasteiger partial charge in [0.25, 0.3) is 0 Å². The Bertz CT molecular complexity index is 572. The Balaban J connectivity index is 1.69. The van der Waals surface area contributed by atoms with Gasteiger partial charge in [-0.25, -0.2) is 0 Å². The molecule has 4 nitrogen and oxygen atoms in total. The molecule has 0 N–H and O–H groups in total. The number of rotatable bonds is 4. The number of ether oxygens (including phenoxy) is 1. The van der Waals surface area contributed by atoms with Crippen LogP contribution in [0.3, 0.4) is 0 Å². The Kier molecular flexibility index (Phi) is 3.85. The summed E-state index contributed by atoms with van der Waals surface area (Å²) in [5.74, 6) is 0.490. The SMILES string of the molecule is COC1CCCN(CC(=O)c2cc3ccccc3o2)C1. The summed E-state index contributed by atoms with van der Waals surface area (Å²) in [6.07, 6.45) is 2.39. The molecule has 1 aromatic carbocycles. The minimum atomic E-state index is 0.0398. The predicted octanol–water partition coefficient (Wildman–Crippen LogP) is 2.73. The van der Waals surface area contributed by atoms with E-state index in [9.17, 15) is 4.79 Å². The smallest absolute Gasteiger partial charge is 0.211 e. The van der Waals surface area contributed by atoms with Crippen molar-refractivity contribution in [2.75, 3.05) is 26.7 Å². The van der Waals surface area contributed by atoms with Gasteiger partial charge < -0.3 is 9.15 Å². The van der Waals surface area contributed by atoms with E-state index in [0.29, 0.717) is 12.3 Å². The number of methoxy groups -OCH3 is 1. The van der Waals surface area contributed by atoms with E-state index < -0.39 is 0 Å². The summed E-state index contributed by atoms with van der Waals surface area (Å²) < 4.78 is 11.0. The first kappa shape index (κ1) is 13.3. The van der Waals surface area contributed by atoms with Gasteiger partial charge in [0.1, 0.15) is 5.58 Å². The fraction of sp³-hybridized carbons (Fsp3) is 0.438. The molecule has 0 saturated carbocycles. The van der Waals surface area contributed by atoms with E-state index in [2.05, 4.69) is 4.90 Å². The van der Waals surface area contributed by atoms with Crippen LogP contribution in [-0.4, -0.2) is 43.5 Å². The van der Waals surface area contributed by atoms with Gasteiger partial charge in [0, 0.05) is 19.0 Å². The molecule has 1 aliphatic rings. The van der Waals surface area contributed by atoms with Gasteiger partial charge in [-0.2, -0.15) is 0 Å². The van der Waals surface area contributed by atoms with Crippen LogP contribution in [0.4, 0.5) is 0 Å². The number of carbonyl (C=O) groups excluding carboxylic acids is 1. The minimum absolute atomic E-state index is 0.0398. The molecule has 20 heavy (non-hydrogen) atoms. The summed E-state index contributed by atoms with van der Waals surface area (Å²) in [6, 6.07) is 9.52. The van der Waals surface area contributed by atoms with Crippen molar-refractivity contribution in [1.29, 1.82) is 0 Å². The highest BCUT2D eigenvalue weighted by molar-refractivity contribution is 5.98. The molecule has 0 aliphatic carbocycles. The van der Waals surface area contributed by atoms with Crippen LogP contribution in [-0.2, 0) is 4.74 Å². The Morgan fingerprint density at radius 2 is 2.30 bits per heavy atom. The molecule has 106 valence electrons. The lowest BCUT2D eigenvalue weighted by Crippen LogP contribution is -2.41. The molecular formula is C16H19NO3. The highest BCUT2D eigenvalue weighted by atomic mass is 16.5. The Morgan fingerprint density at radius 1 is 1.45 bits per heavy atom. The van der Waals surface area contributed by atoms with E-state index in [4.69, 9.17) is 9.15 Å². The zero-order chi connectivity index (χ0) is 13.9. The van der Waals surface area contributed by atoms with Crippen LogP contribution in [0.2, 0.25) is 0 Å². The van der Waals surface area contributed by atoms with E-state index in [0.717, 1.165) is 36.9 Å². The molecule has 0 bridgehead atoms. The van der Waals surface area contributed by atoms with Crippen LogP contribution in [0, 0.1) is 0 Å². The number of fused-ring (bicyclic) bond motifs is 1. The Labute approximate surface area is 118 Å². The monoisotopic (exact) mass is 273 g/mol. The quantitative estimate of drug-likeness (QED) is 0.803. The average molecular weight is 273 g/mol. The number of hydrogen-bond donors (Lipinski definition) is 0. The minimum Gasteiger partial charge on any atom is -0.453 e. The molecule has 1 aromatic heterocycles. The summed E-state index contributed by atoms with van der Waals surface area (Å²) >= 11 is 0. The van der Waals surface area contributed by atoms with E-state index in [1.807, 2.05) is 30.3 Å². The molecule has 1 unspecified atom stereocenters. The van der Waals surface area contributed by atoms with Gasteiger partial charge in [0.15, 0.2) is 5.76 Å². The van der Waals surface area contributed by atoms with Crippen molar-refractivity contribution in [2.24, 2.45) is 0 Å². The van der Waals surface area contributed by atoms with Crippen molar-refractivity contribution in [3.05, 3.63) is 36.1 Å². The average Bonchev–Trinajstić information content (AvgIpc) is 2.91. The molecule has 3 rings (SSSR count). The second-order valence-corrected chi connectivity index (χ2v) is 5.31. The zero-order valence-electron chi connectivity index (χ0n) is 11.7. The Morgan fingerprint density at radius 3 is 3.10 bits per heavy atom. The number of ketones is 1. The van der Waals surface area contributed by atoms with E-state index in [-0.39, 0.29) is 11.9 Å². The van der Waals surface area contributed by atoms with Crippen molar-refractivity contribution in [3.63, 3.8) is 0 Å². The topological polar surface area (TPSA) is 42.7 Å². The maximum Gasteiger partial charge on any atom is 0.211 e. The van der Waals surface area contributed by atoms with Crippen LogP contribution in [0.25, 0.3) is 11.0 Å². The van der Waals surface area contributed by atoms with Gasteiger partial charge in [-0.05, 0) is 31.5 Å². The van der Waals surface area contributed by atoms with Crippen LogP contribution < -0.4 is 0 Å². The first-order valence-corrected chi connectivity index (χ1v) is 7.03. The standard InChI is InChI=1S/C16H19NO3/c1-19-13-6-4-8-17(10-13)11-14(18)16-9-12-5-2-3-7-15(12)20-16/h2-3,5,7,9,13H,4,6,8,10-11H2,1H3. The number of furan rings is 1. The van der Waals surface area contributed by atoms with Gasteiger partial charge in [-0.15, -0.1) is 0 Å². The van der Waals surface area contributed by atoms with Gasteiger partial charge in [-0.1, -0.05) is 18.2 Å². The van der Waals surface area contributed by atoms with Crippen LogP contribution in [0.5, 0.6) is 0 Å². The highest BCUT2D eigenvalue weighted by Gasteiger charge is 2.23. The van der Waals surface area contributed by atoms with Crippen molar-refractivity contribution < 1.29 is 13.9 Å². The molecule has 0 spiro atoms. The molecular weight excluding hydrogens is 254 g/mol. The summed E-state index contributed by atoms with van der Waals surface area (Å²) in [6.45, 7) is 2.17. The largest absolute Gasteiger partial charge is 0.453 e. The highest BCUT2D eigenvalue weighted by Crippen LogP contribution is 2.20. The van der Waals surface area contributed by atoms with Crippen LogP contribution in [0.15, 0.2) is 34.7 Å². The summed E-state index contributed by atoms with van der Waals surface area (Å²) in [4.78, 5) is 14.4. The number of likely N-dealkylation sites (tertiary alicyclic amines) is 1. The van der Waals surface area contributed by atoms with Crippen molar-refractivity contribution in [1.82, 2.24) is 4.90 Å². The summed E-state index contributed by atoms with van der Waals surface area (Å²) in [5, 5.41) is 0.976. The summed E-state index contributed by atoms with van der Waals surface area (Å²) in [5.41, 5.74) is 0.768. The first-order chi connectivity index (χ1) is 9.76. The lowest BCUT2D eigenvalue weighted by Gasteiger charge is -2.30. The second-order valence-electron chi connectivity index (χ2n) is 5.31. The maximum atomic E-state index is 12.3. The fourth-order valence-corrected chi connectivity index (χ4v) is 2.75. The van der Waals surface area contributed by atoms with Gasteiger partial charge in [0.05, 0.1) is 12.6 Å². The van der Waals surface area contributed by atoms with E-state index >= 15 is 0 Å². The van der Waals surface area contributed by atoms with Crippen LogP contribution >= 0.6 is 0 Å². The lowest BCUT2D eigenvalue weighted by atomic mass is 10.1. The molecule has 0 amide bonds. The number of para-hydroxylation sites is 1. The molecule has 1 fully saturated rings. The zero-order valence-corrected chi connectivity index (χ0v) is 11.7. The normalized spacial score (nSPS) is 20.4. The molecule has 2 aromatic rings. The number of piperidine rings is 1. The third-order valence-corrected chi connectivity index (χ3v) is 3.86. The van der Waals surface area contributed by atoms with Crippen molar-refractivity contribution in [3.8, 4) is 0 Å². The third-order valence-electron chi connectivity index (χ3n) is 3.86. The predicted molar refractivity (Wildman–Crippen MR) is 77.0 cm³/mol. The van der Waals surface area contributed by atoms with E-state index in [1.165, 1.54) is 0 Å². The molecule has 4 heteroatoms. The number of nitrogens with zero attached hydrogens (tertiary/aromatic N) is 1. The molecule has 1 aliphatic heterocycles. The Hall–Kier alpha value is -1.65. The van der Waals surface area contributed by atoms with Gasteiger partial charge in [-0.3, -0.25) is 9.69 Å². The molecule has 2 heterocycles. The number of Topliss-reactive ketones (excluding diaryl/α,β-unsaturated/α-hetero) is 1. The number of carbonyl (C=O) groups is 1. The fourth-order valence-electron chi connectivity index (χ4n) is 2.75. The first-order valence-electron chi connectivity index (χ1n) is 7.03. The van der Waals surface area contributed by atoms with Crippen molar-refractivity contribution >= 4 is 16.8 Å². The molecule has 0 radical (unpaired) electrons. The lowest BCUT2D eigenvalue weighted by molar-refractivity contribution is 0.0310. The van der Waals surface area contributed by atoms with E-state index in [1.54, 1.807) is 7.11 Å². The maximum absolute atomic E-state index is 12.3. The second kappa shape index (κ2) is 5.77. The number of hydrogen-bond acceptors (Lipinski definition) is 4. The van der Waals surface area contributed by atoms with Gasteiger partial charge in [0.2, 0.25) is 5.78 Å². The molecule has 1 atom stereocenters. The van der Waals surface area contributed by atoms with Gasteiger partial charge >= 0.3 is 0 Å². The molecule has 1 saturated heterocycles. The van der Waals surface area contributed by atoms with Crippen molar-refractivity contribution in [2.45, 2.75) is 18.9 Å². The summed E-state index contributed by atoms with van der Waals surface area (Å²) in [7, 11) is 1.73.